The molecule has 0 bridgehead atoms. The van der Waals surface area contributed by atoms with Gasteiger partial charge in [-0.15, -0.1) is 0 Å². The van der Waals surface area contributed by atoms with Gasteiger partial charge in [0, 0.05) is 10.4 Å². The van der Waals surface area contributed by atoms with Crippen LogP contribution >= 0.6 is 11.6 Å². The van der Waals surface area contributed by atoms with Crippen LogP contribution in [-0.2, 0) is 0 Å². The van der Waals surface area contributed by atoms with Crippen LogP contribution in [-0.4, -0.2) is 21.8 Å². The molecule has 124 valence electrons. The lowest BCUT2D eigenvalue weighted by molar-refractivity contribution is 0.0689. The van der Waals surface area contributed by atoms with Crippen LogP contribution in [0.15, 0.2) is 47.3 Å². The summed E-state index contributed by atoms with van der Waals surface area (Å²) < 4.78 is 0. The molecule has 0 fully saturated rings. The summed E-state index contributed by atoms with van der Waals surface area (Å²) in [6.07, 6.45) is 0. The number of imide groups is 1. The zero-order chi connectivity index (χ0) is 17.7. The van der Waals surface area contributed by atoms with E-state index in [-0.39, 0.29) is 11.3 Å². The number of pyridine rings is 1. The number of amides is 2. The highest BCUT2D eigenvalue weighted by Gasteiger charge is 2.39. The van der Waals surface area contributed by atoms with Gasteiger partial charge in [0.2, 0.25) is 5.43 Å². The van der Waals surface area contributed by atoms with Crippen molar-refractivity contribution in [3.63, 3.8) is 0 Å². The number of rotatable bonds is 2. The Labute approximate surface area is 147 Å². The molecule has 0 saturated heterocycles. The topological polar surface area (TPSA) is 82.3 Å². The van der Waals surface area contributed by atoms with Gasteiger partial charge in [-0.2, -0.15) is 5.01 Å². The molecule has 0 atom stereocenters. The molecule has 2 aromatic carbocycles. The molecule has 2 N–H and O–H groups in total. The third-order valence-electron chi connectivity index (χ3n) is 4.06. The highest BCUT2D eigenvalue weighted by molar-refractivity contribution is 6.31. The normalized spacial score (nSPS) is 13.4. The number of aromatic nitrogens is 1. The number of nitrogens with zero attached hydrogens (tertiary/aromatic N) is 1. The monoisotopic (exact) mass is 353 g/mol. The van der Waals surface area contributed by atoms with Gasteiger partial charge in [0.05, 0.1) is 11.2 Å². The van der Waals surface area contributed by atoms with Crippen molar-refractivity contribution in [2.24, 2.45) is 0 Å². The lowest BCUT2D eigenvalue weighted by Gasteiger charge is -2.16. The fourth-order valence-corrected chi connectivity index (χ4v) is 3.06. The van der Waals surface area contributed by atoms with Crippen molar-refractivity contribution < 1.29 is 9.59 Å². The van der Waals surface area contributed by atoms with E-state index in [0.29, 0.717) is 21.6 Å². The Kier molecular flexibility index (Phi) is 3.36. The van der Waals surface area contributed by atoms with Crippen LogP contribution in [0.2, 0.25) is 5.02 Å². The predicted octanol–water partition coefficient (Wildman–Crippen LogP) is 3.11. The number of aryl methyl sites for hydroxylation is 1. The molecule has 0 aliphatic carbocycles. The summed E-state index contributed by atoms with van der Waals surface area (Å²) in [4.78, 5) is 40.8. The lowest BCUT2D eigenvalue weighted by Crippen LogP contribution is -2.36. The Balaban J connectivity index is 1.83. The summed E-state index contributed by atoms with van der Waals surface area (Å²) in [7, 11) is 0. The fourth-order valence-electron chi connectivity index (χ4n) is 2.89. The number of carbonyl (C=O) groups excluding carboxylic acids is 2. The number of aromatic amines is 1. The minimum Gasteiger partial charge on any atom is -0.350 e. The number of H-pyrrole nitrogens is 1. The second kappa shape index (κ2) is 5.46. The molecular weight excluding hydrogens is 342 g/mol. The molecule has 0 unspecified atom stereocenters. The van der Waals surface area contributed by atoms with Gasteiger partial charge < -0.3 is 4.98 Å². The first-order chi connectivity index (χ1) is 12.0. The second-order valence-corrected chi connectivity index (χ2v) is 6.26. The van der Waals surface area contributed by atoms with Crippen LogP contribution in [0, 0.1) is 6.92 Å². The van der Waals surface area contributed by atoms with E-state index in [0.717, 1.165) is 10.6 Å². The molecule has 4 rings (SSSR count). The Bertz CT molecular complexity index is 1120. The second-order valence-electron chi connectivity index (χ2n) is 5.82. The number of nitrogens with one attached hydrogen (secondary N) is 2. The van der Waals surface area contributed by atoms with Gasteiger partial charge in [-0.1, -0.05) is 23.7 Å². The van der Waals surface area contributed by atoms with Crippen molar-refractivity contribution >= 4 is 40.0 Å². The lowest BCUT2D eigenvalue weighted by atomic mass is 10.1. The van der Waals surface area contributed by atoms with E-state index in [1.807, 2.05) is 13.0 Å². The summed E-state index contributed by atoms with van der Waals surface area (Å²) >= 11 is 5.94. The van der Waals surface area contributed by atoms with Crippen molar-refractivity contribution in [2.75, 3.05) is 5.43 Å². The summed E-state index contributed by atoms with van der Waals surface area (Å²) in [5, 5.41) is 1.58. The number of benzene rings is 2. The highest BCUT2D eigenvalue weighted by Crippen LogP contribution is 2.24. The first kappa shape index (κ1) is 15.4. The maximum Gasteiger partial charge on any atom is 0.297 e. The van der Waals surface area contributed by atoms with E-state index in [1.165, 1.54) is 6.07 Å². The minimum absolute atomic E-state index is 0.0371. The summed E-state index contributed by atoms with van der Waals surface area (Å²) in [6, 6.07) is 11.9. The Morgan fingerprint density at radius 3 is 2.60 bits per heavy atom. The van der Waals surface area contributed by atoms with Crippen LogP contribution in [0.25, 0.3) is 10.9 Å². The molecular formula is C18H12ClN3O3. The van der Waals surface area contributed by atoms with Gasteiger partial charge in [-0.05, 0) is 42.8 Å². The van der Waals surface area contributed by atoms with E-state index in [1.54, 1.807) is 30.3 Å². The van der Waals surface area contributed by atoms with E-state index in [2.05, 4.69) is 10.4 Å². The molecule has 1 aromatic heterocycles. The van der Waals surface area contributed by atoms with E-state index < -0.39 is 17.2 Å². The smallest absolute Gasteiger partial charge is 0.297 e. The first-order valence-corrected chi connectivity index (χ1v) is 7.91. The molecule has 25 heavy (non-hydrogen) atoms. The third kappa shape index (κ3) is 2.38. The van der Waals surface area contributed by atoms with E-state index >= 15 is 0 Å². The molecule has 0 spiro atoms. The van der Waals surface area contributed by atoms with Gasteiger partial charge in [0.1, 0.15) is 11.3 Å². The molecule has 0 saturated carbocycles. The molecule has 6 nitrogen and oxygen atoms in total. The number of hydrazine groups is 1. The Morgan fingerprint density at radius 1 is 1.04 bits per heavy atom. The van der Waals surface area contributed by atoms with Gasteiger partial charge in [0.15, 0.2) is 0 Å². The first-order valence-electron chi connectivity index (χ1n) is 7.53. The zero-order valence-corrected chi connectivity index (χ0v) is 13.8. The quantitative estimate of drug-likeness (QED) is 0.693. The van der Waals surface area contributed by atoms with Gasteiger partial charge in [-0.25, -0.2) is 0 Å². The molecule has 1 aliphatic rings. The standard InChI is InChI=1S/C18H12ClN3O3/c1-9-3-2-4-11(7-9)21-22-17(24)14-15(18(22)25)20-13-8-10(19)5-6-12(13)16(14)23/h2-8,21H,1H3,(H,20,23). The van der Waals surface area contributed by atoms with Crippen molar-refractivity contribution in [1.82, 2.24) is 9.99 Å². The van der Waals surface area contributed by atoms with Crippen LogP contribution in [0.3, 0.4) is 0 Å². The van der Waals surface area contributed by atoms with Gasteiger partial charge >= 0.3 is 0 Å². The van der Waals surface area contributed by atoms with Crippen LogP contribution in [0.4, 0.5) is 5.69 Å². The average Bonchev–Trinajstić information content (AvgIpc) is 2.80. The molecule has 7 heteroatoms. The van der Waals surface area contributed by atoms with E-state index in [9.17, 15) is 14.4 Å². The SMILES string of the molecule is Cc1cccc(NN2C(=O)c3[nH]c4cc(Cl)ccc4c(=O)c3C2=O)c1. The summed E-state index contributed by atoms with van der Waals surface area (Å²) in [5.74, 6) is -1.29. The third-order valence-corrected chi connectivity index (χ3v) is 4.29. The maximum atomic E-state index is 12.6. The highest BCUT2D eigenvalue weighted by atomic mass is 35.5. The molecule has 2 heterocycles. The molecule has 0 radical (unpaired) electrons. The van der Waals surface area contributed by atoms with Crippen molar-refractivity contribution in [2.45, 2.75) is 6.92 Å². The Morgan fingerprint density at radius 2 is 1.84 bits per heavy atom. The summed E-state index contributed by atoms with van der Waals surface area (Å²) in [6.45, 7) is 1.90. The average molecular weight is 354 g/mol. The van der Waals surface area contributed by atoms with Crippen molar-refractivity contribution in [3.05, 3.63) is 74.5 Å². The number of hydrogen-bond donors (Lipinski definition) is 2. The fraction of sp³-hybridized carbons (Fsp3) is 0.0556. The number of anilines is 1. The predicted molar refractivity (Wildman–Crippen MR) is 94.9 cm³/mol. The largest absolute Gasteiger partial charge is 0.350 e. The minimum atomic E-state index is -0.681. The number of halogens is 1. The Hall–Kier alpha value is -3.12. The number of hydrogen-bond acceptors (Lipinski definition) is 4. The molecule has 3 aromatic rings. The summed E-state index contributed by atoms with van der Waals surface area (Å²) in [5.41, 5.74) is 4.03. The van der Waals surface area contributed by atoms with Crippen LogP contribution < -0.4 is 10.9 Å². The van der Waals surface area contributed by atoms with E-state index in [4.69, 9.17) is 11.6 Å². The van der Waals surface area contributed by atoms with Crippen molar-refractivity contribution in [3.8, 4) is 0 Å². The molecule has 2 amide bonds. The zero-order valence-electron chi connectivity index (χ0n) is 13.1. The number of carbonyl (C=O) groups is 2. The van der Waals surface area contributed by atoms with Crippen LogP contribution in [0.1, 0.15) is 26.4 Å². The molecule has 1 aliphatic heterocycles. The van der Waals surface area contributed by atoms with Gasteiger partial charge in [-0.3, -0.25) is 19.8 Å². The maximum absolute atomic E-state index is 12.6. The van der Waals surface area contributed by atoms with Gasteiger partial charge in [0.25, 0.3) is 11.8 Å². The number of fused-ring (bicyclic) bond motifs is 2. The van der Waals surface area contributed by atoms with Crippen LogP contribution in [0.5, 0.6) is 0 Å². The van der Waals surface area contributed by atoms with Crippen molar-refractivity contribution in [1.29, 1.82) is 0 Å².